The van der Waals surface area contributed by atoms with Gasteiger partial charge in [0.2, 0.25) is 0 Å². The Labute approximate surface area is 331 Å². The van der Waals surface area contributed by atoms with E-state index < -0.39 is 120 Å². The Bertz CT molecular complexity index is 1030. The van der Waals surface area contributed by atoms with Crippen LogP contribution in [0.25, 0.3) is 0 Å². The van der Waals surface area contributed by atoms with Crippen LogP contribution < -0.4 is 0 Å². The predicted octanol–water partition coefficient (Wildman–Crippen LogP) is 1.70. The smallest absolute Gasteiger partial charge is 0.460 e. The fraction of sp³-hybridized carbons (Fsp3) is 0.973. The van der Waals surface area contributed by atoms with Crippen LogP contribution in [0.2, 0.25) is 0 Å². The standard InChI is InChI=1S/C37H71O18P/c1-3-5-6-7-8-9-10-11-12-13-14-15-16-17-18-19-29(40)52-25(4-2)24-51-56(47,48)55-26(22-49-36-34(45)32(43)30(41)27(20-38)53-36)23-50-37-35(46)33(44)31(42)28(21-39)54-37/h25-28,30-39,41-46H,3-24H2,1-2H3,(H,47,48)/t25-,26?,27?,28?,30?,31?,32?,33?,34?,35?,36?,37?/m1/s1. The van der Waals surface area contributed by atoms with E-state index in [1.807, 2.05) is 0 Å². The Balaban J connectivity index is 1.81. The Kier molecular flexibility index (Phi) is 26.1. The second kappa shape index (κ2) is 28.5. The van der Waals surface area contributed by atoms with Gasteiger partial charge in [-0.2, -0.15) is 0 Å². The number of hydrogen-bond acceptors (Lipinski definition) is 17. The summed E-state index contributed by atoms with van der Waals surface area (Å²) in [5, 5.41) is 79.9. The van der Waals surface area contributed by atoms with Gasteiger partial charge in [-0.1, -0.05) is 104 Å². The van der Waals surface area contributed by atoms with Gasteiger partial charge in [0, 0.05) is 6.42 Å². The van der Waals surface area contributed by atoms with Crippen molar-refractivity contribution in [2.75, 3.05) is 33.0 Å². The fourth-order valence-corrected chi connectivity index (χ4v) is 7.35. The van der Waals surface area contributed by atoms with E-state index in [1.165, 1.54) is 70.6 Å². The summed E-state index contributed by atoms with van der Waals surface area (Å²) in [4.78, 5) is 23.1. The van der Waals surface area contributed by atoms with E-state index in [-0.39, 0.29) is 12.8 Å². The Morgan fingerprint density at radius 1 is 0.589 bits per heavy atom. The molecule has 2 fully saturated rings. The number of aliphatic hydroxyl groups is 8. The van der Waals surface area contributed by atoms with Crippen LogP contribution in [-0.2, 0) is 42.1 Å². The summed E-state index contributed by atoms with van der Waals surface area (Å²) in [6, 6.07) is 0. The summed E-state index contributed by atoms with van der Waals surface area (Å²) in [5.41, 5.74) is 0. The van der Waals surface area contributed by atoms with Gasteiger partial charge in [-0.15, -0.1) is 0 Å². The van der Waals surface area contributed by atoms with Gasteiger partial charge in [0.15, 0.2) is 12.6 Å². The molecule has 2 saturated heterocycles. The summed E-state index contributed by atoms with van der Waals surface area (Å²) in [6.45, 7) is 0.516. The van der Waals surface area contributed by atoms with Crippen LogP contribution in [-0.4, -0.2) is 158 Å². The first-order valence-electron chi connectivity index (χ1n) is 20.5. The second-order valence-electron chi connectivity index (χ2n) is 14.8. The fourth-order valence-electron chi connectivity index (χ4n) is 6.44. The van der Waals surface area contributed by atoms with Crippen LogP contribution in [0.1, 0.15) is 123 Å². The van der Waals surface area contributed by atoms with Gasteiger partial charge in [-0.25, -0.2) is 4.57 Å². The molecule has 18 nitrogen and oxygen atoms in total. The lowest BCUT2D eigenvalue weighted by atomic mass is 9.99. The molecule has 19 heteroatoms. The summed E-state index contributed by atoms with van der Waals surface area (Å²) in [5.74, 6) is -0.470. The number of phosphoric acid groups is 1. The highest BCUT2D eigenvalue weighted by Gasteiger charge is 2.46. The van der Waals surface area contributed by atoms with Crippen molar-refractivity contribution in [3.05, 3.63) is 0 Å². The van der Waals surface area contributed by atoms with Crippen molar-refractivity contribution >= 4 is 13.8 Å². The lowest BCUT2D eigenvalue weighted by Gasteiger charge is -2.40. The maximum absolute atomic E-state index is 13.1. The Morgan fingerprint density at radius 2 is 1.00 bits per heavy atom. The minimum atomic E-state index is -4.98. The van der Waals surface area contributed by atoms with E-state index in [0.717, 1.165) is 19.3 Å². The van der Waals surface area contributed by atoms with Crippen molar-refractivity contribution in [3.63, 3.8) is 0 Å². The van der Waals surface area contributed by atoms with Gasteiger partial charge in [-0.05, 0) is 12.8 Å². The van der Waals surface area contributed by atoms with E-state index >= 15 is 0 Å². The number of carbonyl (C=O) groups is 1. The number of ether oxygens (including phenoxy) is 5. The molecule has 9 N–H and O–H groups in total. The predicted molar refractivity (Wildman–Crippen MR) is 200 cm³/mol. The van der Waals surface area contributed by atoms with Gasteiger partial charge >= 0.3 is 13.8 Å². The number of hydrogen-bond donors (Lipinski definition) is 9. The van der Waals surface area contributed by atoms with Crippen LogP contribution in [0.5, 0.6) is 0 Å². The molecule has 2 rings (SSSR count). The summed E-state index contributed by atoms with van der Waals surface area (Å²) >= 11 is 0. The zero-order valence-electron chi connectivity index (χ0n) is 33.1. The number of rotatable bonds is 31. The van der Waals surface area contributed by atoms with Crippen molar-refractivity contribution in [2.24, 2.45) is 0 Å². The third-order valence-electron chi connectivity index (χ3n) is 10.0. The lowest BCUT2D eigenvalue weighted by molar-refractivity contribution is -0.313. The van der Waals surface area contributed by atoms with Crippen LogP contribution >= 0.6 is 7.82 Å². The molecule has 12 atom stereocenters. The molecule has 11 unspecified atom stereocenters. The van der Waals surface area contributed by atoms with Gasteiger partial charge in [0.1, 0.15) is 61.0 Å². The molecule has 2 heterocycles. The first-order chi connectivity index (χ1) is 26.8. The van der Waals surface area contributed by atoms with E-state index in [0.29, 0.717) is 6.42 Å². The normalized spacial score (nSPS) is 30.5. The number of esters is 1. The quantitative estimate of drug-likeness (QED) is 0.0273. The summed E-state index contributed by atoms with van der Waals surface area (Å²) in [7, 11) is -4.98. The van der Waals surface area contributed by atoms with Crippen molar-refractivity contribution in [1.29, 1.82) is 0 Å². The van der Waals surface area contributed by atoms with Crippen molar-refractivity contribution < 1.29 is 87.8 Å². The topological polar surface area (TPSA) is 281 Å². The monoisotopic (exact) mass is 834 g/mol. The minimum Gasteiger partial charge on any atom is -0.460 e. The maximum atomic E-state index is 13.1. The number of phosphoric ester groups is 1. The molecular weight excluding hydrogens is 763 g/mol. The highest BCUT2D eigenvalue weighted by molar-refractivity contribution is 7.47. The van der Waals surface area contributed by atoms with Crippen molar-refractivity contribution in [3.8, 4) is 0 Å². The number of unbranched alkanes of at least 4 members (excludes halogenated alkanes) is 14. The molecule has 0 aliphatic carbocycles. The molecule has 0 saturated carbocycles. The average molecular weight is 835 g/mol. The zero-order chi connectivity index (χ0) is 41.5. The zero-order valence-corrected chi connectivity index (χ0v) is 34.0. The Morgan fingerprint density at radius 3 is 1.39 bits per heavy atom. The number of aliphatic hydroxyl groups excluding tert-OH is 8. The molecule has 0 aromatic rings. The van der Waals surface area contributed by atoms with Crippen LogP contribution in [0.4, 0.5) is 0 Å². The van der Waals surface area contributed by atoms with Crippen LogP contribution in [0, 0.1) is 0 Å². The van der Waals surface area contributed by atoms with Crippen molar-refractivity contribution in [2.45, 2.75) is 197 Å². The molecule has 0 aromatic carbocycles. The molecule has 0 amide bonds. The molecule has 0 radical (unpaired) electrons. The van der Waals surface area contributed by atoms with Crippen molar-refractivity contribution in [1.82, 2.24) is 0 Å². The van der Waals surface area contributed by atoms with Gasteiger partial charge in [-0.3, -0.25) is 13.8 Å². The Hall–Kier alpha value is -0.900. The maximum Gasteiger partial charge on any atom is 0.472 e. The summed E-state index contributed by atoms with van der Waals surface area (Å²) in [6.07, 6.45) is -0.534. The third kappa shape index (κ3) is 19.0. The average Bonchev–Trinajstić information content (AvgIpc) is 3.18. The van der Waals surface area contributed by atoms with E-state index in [9.17, 15) is 55.1 Å². The van der Waals surface area contributed by atoms with E-state index in [2.05, 4.69) is 6.92 Å². The van der Waals surface area contributed by atoms with E-state index in [4.69, 9.17) is 32.7 Å². The molecule has 2 aliphatic heterocycles. The number of carbonyl (C=O) groups excluding carboxylic acids is 1. The van der Waals surface area contributed by atoms with Crippen LogP contribution in [0.3, 0.4) is 0 Å². The second-order valence-corrected chi connectivity index (χ2v) is 16.2. The molecular formula is C37H71O18P. The molecule has 2 aliphatic rings. The lowest BCUT2D eigenvalue weighted by Crippen LogP contribution is -2.60. The van der Waals surface area contributed by atoms with Gasteiger partial charge in [0.25, 0.3) is 0 Å². The molecule has 0 aromatic heterocycles. The van der Waals surface area contributed by atoms with Gasteiger partial charge < -0.3 is 69.4 Å². The SMILES string of the molecule is CCCCCCCCCCCCCCCCCC(=O)O[C@H](CC)COP(=O)(O)OC(COC1OC(CO)C(O)C(O)C1O)COC1OC(CO)C(O)C(O)C1O. The van der Waals surface area contributed by atoms with E-state index in [1.54, 1.807) is 6.92 Å². The first-order valence-corrected chi connectivity index (χ1v) is 22.0. The van der Waals surface area contributed by atoms with Crippen LogP contribution in [0.15, 0.2) is 0 Å². The van der Waals surface area contributed by atoms with Gasteiger partial charge in [0.05, 0.1) is 33.0 Å². The summed E-state index contributed by atoms with van der Waals surface area (Å²) < 4.78 is 50.4. The largest absolute Gasteiger partial charge is 0.472 e. The highest BCUT2D eigenvalue weighted by atomic mass is 31.2. The molecule has 56 heavy (non-hydrogen) atoms. The molecule has 0 bridgehead atoms. The minimum absolute atomic E-state index is 0.189. The third-order valence-corrected chi connectivity index (χ3v) is 11.1. The molecule has 332 valence electrons. The highest BCUT2D eigenvalue weighted by Crippen LogP contribution is 2.45. The first kappa shape index (κ1) is 51.2. The molecule has 0 spiro atoms.